The van der Waals surface area contributed by atoms with Crippen molar-refractivity contribution in [2.24, 2.45) is 0 Å². The van der Waals surface area contributed by atoms with Crippen LogP contribution < -0.4 is 14.8 Å². The number of rotatable bonds is 2. The van der Waals surface area contributed by atoms with E-state index in [2.05, 4.69) is 10.3 Å². The molecule has 1 aliphatic rings. The number of carbonyl (C=O) groups excluding carboxylic acids is 1. The molecule has 0 radical (unpaired) electrons. The molecule has 0 fully saturated rings. The van der Waals surface area contributed by atoms with Gasteiger partial charge in [-0.05, 0) is 19.1 Å². The van der Waals surface area contributed by atoms with Gasteiger partial charge in [-0.3, -0.25) is 4.79 Å². The van der Waals surface area contributed by atoms with Crippen molar-refractivity contribution >= 4 is 34.3 Å². The van der Waals surface area contributed by atoms with Gasteiger partial charge in [0.25, 0.3) is 5.91 Å². The molecular formula is C17H13ClN2O4. The molecule has 0 spiro atoms. The molecule has 1 aliphatic heterocycles. The molecule has 0 aliphatic carbocycles. The molecule has 0 saturated heterocycles. The van der Waals surface area contributed by atoms with Gasteiger partial charge in [0.15, 0.2) is 22.8 Å². The zero-order valence-corrected chi connectivity index (χ0v) is 13.5. The van der Waals surface area contributed by atoms with E-state index in [1.807, 2.05) is 13.0 Å². The van der Waals surface area contributed by atoms with Gasteiger partial charge in [0.2, 0.25) is 0 Å². The number of furan rings is 1. The number of nitrogens with one attached hydrogen (secondary N) is 1. The summed E-state index contributed by atoms with van der Waals surface area (Å²) in [6.07, 6.45) is 0. The Bertz CT molecular complexity index is 951. The number of aromatic nitrogens is 1. The topological polar surface area (TPSA) is 73.6 Å². The fraction of sp³-hybridized carbons (Fsp3) is 0.176. The van der Waals surface area contributed by atoms with Crippen molar-refractivity contribution in [1.29, 1.82) is 0 Å². The van der Waals surface area contributed by atoms with Crippen LogP contribution in [-0.2, 0) is 0 Å². The molecular weight excluding hydrogens is 332 g/mol. The van der Waals surface area contributed by atoms with E-state index in [-0.39, 0.29) is 5.76 Å². The number of benzene rings is 1. The maximum atomic E-state index is 12.4. The number of hydrogen-bond acceptors (Lipinski definition) is 5. The predicted molar refractivity (Wildman–Crippen MR) is 89.1 cm³/mol. The van der Waals surface area contributed by atoms with Crippen LogP contribution in [0.3, 0.4) is 0 Å². The second-order valence-electron chi connectivity index (χ2n) is 5.38. The molecule has 0 bridgehead atoms. The van der Waals surface area contributed by atoms with Gasteiger partial charge < -0.3 is 19.2 Å². The summed E-state index contributed by atoms with van der Waals surface area (Å²) in [5.41, 5.74) is 2.47. The van der Waals surface area contributed by atoms with Crippen molar-refractivity contribution in [1.82, 2.24) is 4.98 Å². The van der Waals surface area contributed by atoms with E-state index in [9.17, 15) is 4.79 Å². The standard InChI is InChI=1S/C17H13ClN2O4/c1-9-2-3-13-12(19-9)8-16(24-13)17(21)20-11-7-15-14(6-10(11)18)22-4-5-23-15/h2-3,6-8H,4-5H2,1H3,(H,20,21). The van der Waals surface area contributed by atoms with Crippen LogP contribution in [0.1, 0.15) is 16.2 Å². The quantitative estimate of drug-likeness (QED) is 0.765. The number of carbonyl (C=O) groups is 1. The Hall–Kier alpha value is -2.73. The minimum absolute atomic E-state index is 0.161. The van der Waals surface area contributed by atoms with Crippen LogP contribution in [0.4, 0.5) is 5.69 Å². The third-order valence-electron chi connectivity index (χ3n) is 3.62. The summed E-state index contributed by atoms with van der Waals surface area (Å²) in [5, 5.41) is 3.08. The van der Waals surface area contributed by atoms with Crippen molar-refractivity contribution < 1.29 is 18.7 Å². The van der Waals surface area contributed by atoms with Crippen LogP contribution in [0.2, 0.25) is 5.02 Å². The normalized spacial score (nSPS) is 13.1. The minimum Gasteiger partial charge on any atom is -0.486 e. The molecule has 3 heterocycles. The molecule has 6 nitrogen and oxygen atoms in total. The largest absolute Gasteiger partial charge is 0.486 e. The highest BCUT2D eigenvalue weighted by Crippen LogP contribution is 2.38. The van der Waals surface area contributed by atoms with E-state index in [4.69, 9.17) is 25.5 Å². The van der Waals surface area contributed by atoms with E-state index in [1.165, 1.54) is 0 Å². The summed E-state index contributed by atoms with van der Waals surface area (Å²) in [6, 6.07) is 8.47. The molecule has 24 heavy (non-hydrogen) atoms. The Morgan fingerprint density at radius 2 is 1.92 bits per heavy atom. The number of amides is 1. The lowest BCUT2D eigenvalue weighted by atomic mass is 10.2. The Labute approximate surface area is 142 Å². The second kappa shape index (κ2) is 5.72. The zero-order chi connectivity index (χ0) is 16.7. The van der Waals surface area contributed by atoms with E-state index in [1.54, 1.807) is 24.3 Å². The number of halogens is 1. The summed E-state index contributed by atoms with van der Waals surface area (Å²) in [4.78, 5) is 16.8. The lowest BCUT2D eigenvalue weighted by Crippen LogP contribution is -2.16. The monoisotopic (exact) mass is 344 g/mol. The van der Waals surface area contributed by atoms with Crippen LogP contribution in [-0.4, -0.2) is 24.1 Å². The van der Waals surface area contributed by atoms with Crippen LogP contribution >= 0.6 is 11.6 Å². The first-order valence-corrected chi connectivity index (χ1v) is 7.75. The van der Waals surface area contributed by atoms with Crippen molar-refractivity contribution in [3.8, 4) is 11.5 Å². The second-order valence-corrected chi connectivity index (χ2v) is 5.78. The molecule has 3 aromatic rings. The molecule has 1 aromatic carbocycles. The number of pyridine rings is 1. The highest BCUT2D eigenvalue weighted by molar-refractivity contribution is 6.34. The van der Waals surface area contributed by atoms with Crippen LogP contribution in [0.5, 0.6) is 11.5 Å². The molecule has 2 aromatic heterocycles. The van der Waals surface area contributed by atoms with E-state index >= 15 is 0 Å². The summed E-state index contributed by atoms with van der Waals surface area (Å²) < 4.78 is 16.5. The first-order valence-electron chi connectivity index (χ1n) is 7.38. The smallest absolute Gasteiger partial charge is 0.291 e. The van der Waals surface area contributed by atoms with Gasteiger partial charge in [0, 0.05) is 23.9 Å². The van der Waals surface area contributed by atoms with E-state index < -0.39 is 5.91 Å². The van der Waals surface area contributed by atoms with E-state index in [0.717, 1.165) is 5.69 Å². The predicted octanol–water partition coefficient (Wildman–Crippen LogP) is 3.81. The number of aryl methyl sites for hydroxylation is 1. The Morgan fingerprint density at radius 3 is 2.71 bits per heavy atom. The molecule has 4 rings (SSSR count). The number of ether oxygens (including phenoxy) is 2. The summed E-state index contributed by atoms with van der Waals surface area (Å²) in [6.45, 7) is 2.80. The lowest BCUT2D eigenvalue weighted by Gasteiger charge is -2.19. The molecule has 0 unspecified atom stereocenters. The van der Waals surface area contributed by atoms with Gasteiger partial charge in [-0.25, -0.2) is 4.98 Å². The lowest BCUT2D eigenvalue weighted by molar-refractivity contribution is 0.0998. The maximum absolute atomic E-state index is 12.4. The fourth-order valence-electron chi connectivity index (χ4n) is 2.48. The minimum atomic E-state index is -0.413. The molecule has 0 atom stereocenters. The first-order chi connectivity index (χ1) is 11.6. The summed E-state index contributed by atoms with van der Waals surface area (Å²) in [7, 11) is 0. The highest BCUT2D eigenvalue weighted by Gasteiger charge is 2.19. The maximum Gasteiger partial charge on any atom is 0.291 e. The fourth-order valence-corrected chi connectivity index (χ4v) is 2.68. The highest BCUT2D eigenvalue weighted by atomic mass is 35.5. The molecule has 122 valence electrons. The third-order valence-corrected chi connectivity index (χ3v) is 3.93. The van der Waals surface area contributed by atoms with Gasteiger partial charge >= 0.3 is 0 Å². The average Bonchev–Trinajstić information content (AvgIpc) is 2.98. The number of hydrogen-bond donors (Lipinski definition) is 1. The Morgan fingerprint density at radius 1 is 1.17 bits per heavy atom. The van der Waals surface area contributed by atoms with Crippen LogP contribution in [0.25, 0.3) is 11.1 Å². The van der Waals surface area contributed by atoms with Crippen molar-refractivity contribution in [2.45, 2.75) is 6.92 Å². The summed E-state index contributed by atoms with van der Waals surface area (Å²) >= 11 is 6.20. The molecule has 1 N–H and O–H groups in total. The van der Waals surface area contributed by atoms with Gasteiger partial charge in [-0.1, -0.05) is 11.6 Å². The third kappa shape index (κ3) is 2.65. The van der Waals surface area contributed by atoms with Gasteiger partial charge in [-0.2, -0.15) is 0 Å². The van der Waals surface area contributed by atoms with Crippen molar-refractivity contribution in [3.05, 3.63) is 46.8 Å². The average molecular weight is 345 g/mol. The summed E-state index contributed by atoms with van der Waals surface area (Å²) in [5.74, 6) is 0.855. The molecule has 7 heteroatoms. The number of fused-ring (bicyclic) bond motifs is 2. The van der Waals surface area contributed by atoms with Gasteiger partial charge in [0.05, 0.1) is 10.7 Å². The SMILES string of the molecule is Cc1ccc2oc(C(=O)Nc3cc4c(cc3Cl)OCCO4)cc2n1. The van der Waals surface area contributed by atoms with E-state index in [0.29, 0.717) is 46.5 Å². The first kappa shape index (κ1) is 14.8. The van der Waals surface area contributed by atoms with Gasteiger partial charge in [-0.15, -0.1) is 0 Å². The van der Waals surface area contributed by atoms with Crippen LogP contribution in [0.15, 0.2) is 34.7 Å². The Kier molecular flexibility index (Phi) is 3.54. The van der Waals surface area contributed by atoms with Crippen LogP contribution in [0, 0.1) is 6.92 Å². The van der Waals surface area contributed by atoms with Crippen molar-refractivity contribution in [3.63, 3.8) is 0 Å². The molecule has 1 amide bonds. The van der Waals surface area contributed by atoms with Gasteiger partial charge in [0.1, 0.15) is 18.7 Å². The number of nitrogens with zero attached hydrogens (tertiary/aromatic N) is 1. The Balaban J connectivity index is 1.63. The number of anilines is 1. The molecule has 0 saturated carbocycles. The van der Waals surface area contributed by atoms with Crippen molar-refractivity contribution in [2.75, 3.05) is 18.5 Å². The zero-order valence-electron chi connectivity index (χ0n) is 12.8.